The zero-order valence-corrected chi connectivity index (χ0v) is 8.79. The highest BCUT2D eigenvalue weighted by Gasteiger charge is 2.57. The van der Waals surface area contributed by atoms with Gasteiger partial charge in [0.15, 0.2) is 0 Å². The van der Waals surface area contributed by atoms with Gasteiger partial charge in [-0.2, -0.15) is 0 Å². The fourth-order valence-corrected chi connectivity index (χ4v) is 2.57. The van der Waals surface area contributed by atoms with Crippen LogP contribution in [0.25, 0.3) is 0 Å². The molecule has 16 heavy (non-hydrogen) atoms. The lowest BCUT2D eigenvalue weighted by Crippen LogP contribution is -2.71. The number of fused-ring (bicyclic) bond motifs is 1. The number of piperidine rings is 1. The first-order valence-corrected chi connectivity index (χ1v) is 5.18. The number of carbonyl (C=O) groups excluding carboxylic acids is 2. The van der Waals surface area contributed by atoms with Gasteiger partial charge in [0.25, 0.3) is 0 Å². The summed E-state index contributed by atoms with van der Waals surface area (Å²) in [4.78, 5) is 35.1. The molecule has 0 unspecified atom stereocenters. The Morgan fingerprint density at radius 3 is 2.56 bits per heavy atom. The molecule has 1 amide bonds. The Bertz CT molecular complexity index is 364. The van der Waals surface area contributed by atoms with Gasteiger partial charge < -0.3 is 15.1 Å². The van der Waals surface area contributed by atoms with E-state index in [1.165, 1.54) is 11.8 Å². The summed E-state index contributed by atoms with van der Waals surface area (Å²) in [7, 11) is 0. The van der Waals surface area contributed by atoms with E-state index in [1.807, 2.05) is 0 Å². The van der Waals surface area contributed by atoms with Crippen LogP contribution in [0.1, 0.15) is 19.8 Å². The summed E-state index contributed by atoms with van der Waals surface area (Å²) in [5, 5.41) is 18.3. The minimum atomic E-state index is -1.16. The number of ketones is 1. The average molecular weight is 227 g/mol. The highest BCUT2D eigenvalue weighted by Crippen LogP contribution is 2.38. The van der Waals surface area contributed by atoms with E-state index in [2.05, 4.69) is 0 Å². The van der Waals surface area contributed by atoms with Crippen LogP contribution in [-0.4, -0.2) is 51.0 Å². The number of carboxylic acid groups (broad SMARTS) is 1. The van der Waals surface area contributed by atoms with Gasteiger partial charge >= 0.3 is 5.97 Å². The van der Waals surface area contributed by atoms with E-state index in [0.717, 1.165) is 0 Å². The standard InChI is InChI=1S/C10H13NO5/c1-4(12)8-6-2-5(13)3-7(10(15)16)11(6)9(8)14/h4,6-8,12H,2-3H2,1H3,(H,15,16)/t4-,6-,7-,8-/m1/s1. The number of Topliss-reactive ketones (excluding diaryl/α,β-unsaturated/α-hetero) is 1. The Morgan fingerprint density at radius 2 is 2.06 bits per heavy atom. The van der Waals surface area contributed by atoms with Crippen LogP contribution in [0.3, 0.4) is 0 Å². The molecule has 2 aliphatic heterocycles. The lowest BCUT2D eigenvalue weighted by atomic mass is 9.75. The number of amides is 1. The molecule has 2 rings (SSSR count). The fourth-order valence-electron chi connectivity index (χ4n) is 2.57. The molecule has 2 fully saturated rings. The molecule has 0 aliphatic carbocycles. The zero-order valence-electron chi connectivity index (χ0n) is 8.79. The molecular formula is C10H13NO5. The van der Waals surface area contributed by atoms with Crippen LogP contribution >= 0.6 is 0 Å². The van der Waals surface area contributed by atoms with Gasteiger partial charge in [-0.25, -0.2) is 4.79 Å². The van der Waals surface area contributed by atoms with Crippen molar-refractivity contribution in [1.82, 2.24) is 4.90 Å². The van der Waals surface area contributed by atoms with E-state index in [4.69, 9.17) is 5.11 Å². The van der Waals surface area contributed by atoms with Crippen LogP contribution in [0.5, 0.6) is 0 Å². The highest BCUT2D eigenvalue weighted by atomic mass is 16.4. The van der Waals surface area contributed by atoms with Crippen LogP contribution in [0.2, 0.25) is 0 Å². The Kier molecular flexibility index (Phi) is 2.46. The number of aliphatic hydroxyl groups excluding tert-OH is 1. The van der Waals surface area contributed by atoms with Crippen molar-refractivity contribution < 1.29 is 24.6 Å². The molecule has 0 aromatic carbocycles. The van der Waals surface area contributed by atoms with Crippen LogP contribution in [0.4, 0.5) is 0 Å². The van der Waals surface area contributed by atoms with Gasteiger partial charge in [-0.3, -0.25) is 9.59 Å². The molecular weight excluding hydrogens is 214 g/mol. The Hall–Kier alpha value is -1.43. The van der Waals surface area contributed by atoms with Crippen molar-refractivity contribution in [1.29, 1.82) is 0 Å². The summed E-state index contributed by atoms with van der Waals surface area (Å²) in [6, 6.07) is -1.48. The lowest BCUT2D eigenvalue weighted by molar-refractivity contribution is -0.182. The Morgan fingerprint density at radius 1 is 1.44 bits per heavy atom. The smallest absolute Gasteiger partial charge is 0.326 e. The number of carboxylic acids is 1. The van der Waals surface area contributed by atoms with Crippen molar-refractivity contribution >= 4 is 17.7 Å². The first-order valence-electron chi connectivity index (χ1n) is 5.18. The van der Waals surface area contributed by atoms with Gasteiger partial charge in [0, 0.05) is 12.8 Å². The molecule has 0 spiro atoms. The second-order valence-electron chi connectivity index (χ2n) is 4.38. The highest BCUT2D eigenvalue weighted by molar-refractivity contribution is 5.97. The molecule has 0 aromatic rings. The SMILES string of the molecule is C[C@@H](O)[C@H]1C(=O)N2[C@@H](C(=O)O)CC(=O)C[C@H]12. The van der Waals surface area contributed by atoms with Crippen LogP contribution in [0, 0.1) is 5.92 Å². The van der Waals surface area contributed by atoms with E-state index in [1.54, 1.807) is 0 Å². The van der Waals surface area contributed by atoms with Crippen LogP contribution < -0.4 is 0 Å². The minimum Gasteiger partial charge on any atom is -0.480 e. The van der Waals surface area contributed by atoms with E-state index in [-0.39, 0.29) is 24.5 Å². The number of aliphatic carboxylic acids is 1. The van der Waals surface area contributed by atoms with E-state index < -0.39 is 30.1 Å². The second-order valence-corrected chi connectivity index (χ2v) is 4.38. The van der Waals surface area contributed by atoms with E-state index in [9.17, 15) is 19.5 Å². The van der Waals surface area contributed by atoms with Gasteiger partial charge in [0.2, 0.25) is 5.91 Å². The number of nitrogens with zero attached hydrogens (tertiary/aromatic N) is 1. The summed E-state index contributed by atoms with van der Waals surface area (Å²) in [5.41, 5.74) is 0. The number of rotatable bonds is 2. The van der Waals surface area contributed by atoms with Crippen molar-refractivity contribution in [3.05, 3.63) is 0 Å². The Balaban J connectivity index is 2.22. The third kappa shape index (κ3) is 1.41. The first kappa shape index (κ1) is 11.1. The molecule has 0 radical (unpaired) electrons. The van der Waals surface area contributed by atoms with Crippen molar-refractivity contribution in [3.63, 3.8) is 0 Å². The van der Waals surface area contributed by atoms with Crippen molar-refractivity contribution in [2.24, 2.45) is 5.92 Å². The molecule has 6 nitrogen and oxygen atoms in total. The number of hydrogen-bond acceptors (Lipinski definition) is 4. The van der Waals surface area contributed by atoms with E-state index >= 15 is 0 Å². The van der Waals surface area contributed by atoms with Crippen LogP contribution in [0.15, 0.2) is 0 Å². The summed E-state index contributed by atoms with van der Waals surface area (Å²) in [6.07, 6.45) is -0.802. The maximum Gasteiger partial charge on any atom is 0.326 e. The van der Waals surface area contributed by atoms with Crippen molar-refractivity contribution in [3.8, 4) is 0 Å². The molecule has 2 saturated heterocycles. The lowest BCUT2D eigenvalue weighted by Gasteiger charge is -2.53. The molecule has 0 bridgehead atoms. The van der Waals surface area contributed by atoms with Gasteiger partial charge in [0.1, 0.15) is 11.8 Å². The van der Waals surface area contributed by atoms with Crippen molar-refractivity contribution in [2.75, 3.05) is 0 Å². The summed E-state index contributed by atoms with van der Waals surface area (Å²) >= 11 is 0. The molecule has 88 valence electrons. The van der Waals surface area contributed by atoms with Gasteiger partial charge in [-0.15, -0.1) is 0 Å². The molecule has 4 atom stereocenters. The van der Waals surface area contributed by atoms with Crippen molar-refractivity contribution in [2.45, 2.75) is 38.0 Å². The average Bonchev–Trinajstić information content (AvgIpc) is 2.14. The number of aliphatic hydroxyl groups is 1. The zero-order chi connectivity index (χ0) is 12.0. The predicted molar refractivity (Wildman–Crippen MR) is 51.5 cm³/mol. The summed E-state index contributed by atoms with van der Waals surface area (Å²) in [6.45, 7) is 1.48. The summed E-state index contributed by atoms with van der Waals surface area (Å²) < 4.78 is 0. The molecule has 2 aliphatic rings. The minimum absolute atomic E-state index is 0.121. The quantitative estimate of drug-likeness (QED) is 0.591. The molecule has 0 aromatic heterocycles. The Labute approximate surface area is 91.8 Å². The number of carbonyl (C=O) groups is 3. The second kappa shape index (κ2) is 3.55. The van der Waals surface area contributed by atoms with Gasteiger partial charge in [0.05, 0.1) is 18.1 Å². The number of hydrogen-bond donors (Lipinski definition) is 2. The van der Waals surface area contributed by atoms with E-state index in [0.29, 0.717) is 0 Å². The van der Waals surface area contributed by atoms with Gasteiger partial charge in [-0.05, 0) is 6.92 Å². The third-order valence-electron chi connectivity index (χ3n) is 3.31. The number of β-lactam (4-membered cyclic amide) rings is 1. The molecule has 0 saturated carbocycles. The molecule has 2 heterocycles. The maximum atomic E-state index is 11.7. The normalized spacial score (nSPS) is 35.4. The monoisotopic (exact) mass is 227 g/mol. The van der Waals surface area contributed by atoms with Gasteiger partial charge in [-0.1, -0.05) is 0 Å². The maximum absolute atomic E-state index is 11.7. The third-order valence-corrected chi connectivity index (χ3v) is 3.31. The van der Waals surface area contributed by atoms with Crippen LogP contribution in [-0.2, 0) is 14.4 Å². The fraction of sp³-hybridized carbons (Fsp3) is 0.700. The molecule has 6 heteroatoms. The first-order chi connectivity index (χ1) is 7.43. The largest absolute Gasteiger partial charge is 0.480 e. The summed E-state index contributed by atoms with van der Waals surface area (Å²) in [5.74, 6) is -2.30. The topological polar surface area (TPSA) is 94.9 Å². The molecule has 2 N–H and O–H groups in total. The predicted octanol–water partition coefficient (Wildman–Crippen LogP) is -0.990.